The van der Waals surface area contributed by atoms with Crippen molar-refractivity contribution in [1.82, 2.24) is 4.98 Å². The van der Waals surface area contributed by atoms with E-state index in [4.69, 9.17) is 9.73 Å². The van der Waals surface area contributed by atoms with Crippen molar-refractivity contribution < 1.29 is 4.74 Å². The molecule has 2 aliphatic rings. The van der Waals surface area contributed by atoms with Crippen LogP contribution in [0.4, 0.5) is 5.69 Å². The summed E-state index contributed by atoms with van der Waals surface area (Å²) >= 11 is 0. The van der Waals surface area contributed by atoms with Crippen molar-refractivity contribution in [2.75, 3.05) is 31.1 Å². The average molecular weight is 333 g/mol. The van der Waals surface area contributed by atoms with Crippen LogP contribution in [0.15, 0.2) is 53.3 Å². The van der Waals surface area contributed by atoms with E-state index in [1.54, 1.807) is 6.20 Å². The van der Waals surface area contributed by atoms with Crippen LogP contribution >= 0.6 is 0 Å². The molecule has 0 unspecified atom stereocenters. The van der Waals surface area contributed by atoms with Gasteiger partial charge in [0.05, 0.1) is 17.9 Å². The third-order valence-electron chi connectivity index (χ3n) is 4.78. The van der Waals surface area contributed by atoms with E-state index < -0.39 is 0 Å². The zero-order valence-electron chi connectivity index (χ0n) is 14.6. The van der Waals surface area contributed by atoms with Crippen LogP contribution in [0.5, 0.6) is 5.75 Å². The van der Waals surface area contributed by atoms with Crippen molar-refractivity contribution in [1.29, 1.82) is 0 Å². The monoisotopic (exact) mass is 333 g/mol. The van der Waals surface area contributed by atoms with Gasteiger partial charge in [-0.3, -0.25) is 9.98 Å². The highest BCUT2D eigenvalue weighted by Gasteiger charge is 2.18. The third-order valence-corrected chi connectivity index (χ3v) is 4.78. The van der Waals surface area contributed by atoms with Crippen LogP contribution in [0.3, 0.4) is 0 Å². The van der Waals surface area contributed by atoms with E-state index in [9.17, 15) is 0 Å². The van der Waals surface area contributed by atoms with Crippen molar-refractivity contribution in [3.63, 3.8) is 0 Å². The number of hydrogen-bond donors (Lipinski definition) is 0. The number of aliphatic imine (C=N–C) groups is 1. The molecule has 2 aliphatic heterocycles. The van der Waals surface area contributed by atoms with Crippen LogP contribution in [0.1, 0.15) is 30.9 Å². The predicted molar refractivity (Wildman–Crippen MR) is 103 cm³/mol. The summed E-state index contributed by atoms with van der Waals surface area (Å²) in [6.45, 7) is 5.80. The molecule has 0 saturated heterocycles. The Morgan fingerprint density at radius 3 is 3.08 bits per heavy atom. The average Bonchev–Trinajstić information content (AvgIpc) is 2.68. The third kappa shape index (κ3) is 3.29. The van der Waals surface area contributed by atoms with Gasteiger partial charge in [-0.15, -0.1) is 0 Å². The van der Waals surface area contributed by atoms with Gasteiger partial charge in [-0.05, 0) is 61.2 Å². The molecule has 1 aromatic carbocycles. The molecule has 25 heavy (non-hydrogen) atoms. The molecule has 3 heterocycles. The van der Waals surface area contributed by atoms with Crippen LogP contribution < -0.4 is 9.64 Å². The second-order valence-electron chi connectivity index (χ2n) is 6.40. The van der Waals surface area contributed by atoms with Gasteiger partial charge in [-0.25, -0.2) is 0 Å². The predicted octanol–water partition coefficient (Wildman–Crippen LogP) is 3.97. The fourth-order valence-corrected chi connectivity index (χ4v) is 3.51. The van der Waals surface area contributed by atoms with Crippen molar-refractivity contribution in [2.45, 2.75) is 19.8 Å². The Balaban J connectivity index is 1.68. The highest BCUT2D eigenvalue weighted by Crippen LogP contribution is 2.33. The molecule has 0 spiro atoms. The van der Waals surface area contributed by atoms with E-state index in [1.807, 2.05) is 12.3 Å². The van der Waals surface area contributed by atoms with Gasteiger partial charge in [-0.2, -0.15) is 0 Å². The molecule has 0 amide bonds. The van der Waals surface area contributed by atoms with E-state index in [0.29, 0.717) is 0 Å². The highest BCUT2D eigenvalue weighted by molar-refractivity contribution is 6.15. The number of pyridine rings is 1. The number of anilines is 1. The van der Waals surface area contributed by atoms with Gasteiger partial charge in [0, 0.05) is 31.0 Å². The Morgan fingerprint density at radius 1 is 1.28 bits per heavy atom. The van der Waals surface area contributed by atoms with E-state index in [-0.39, 0.29) is 0 Å². The number of benzene rings is 1. The maximum absolute atomic E-state index is 5.89. The summed E-state index contributed by atoms with van der Waals surface area (Å²) in [6, 6.07) is 10.6. The second-order valence-corrected chi connectivity index (χ2v) is 6.40. The molecule has 0 bridgehead atoms. The van der Waals surface area contributed by atoms with Gasteiger partial charge in [0.25, 0.3) is 0 Å². The quantitative estimate of drug-likeness (QED) is 0.853. The normalized spacial score (nSPS) is 18.5. The van der Waals surface area contributed by atoms with Crippen molar-refractivity contribution in [2.24, 2.45) is 4.99 Å². The highest BCUT2D eigenvalue weighted by atomic mass is 16.5. The molecule has 1 aromatic heterocycles. The lowest BCUT2D eigenvalue weighted by Crippen LogP contribution is -2.32. The van der Waals surface area contributed by atoms with E-state index in [1.165, 1.54) is 16.8 Å². The fraction of sp³-hybridized carbons (Fsp3) is 0.333. The molecule has 4 heteroatoms. The minimum absolute atomic E-state index is 0.753. The number of likely N-dealkylation sites (N-methyl/N-ethyl adjacent to an activating group) is 1. The van der Waals surface area contributed by atoms with E-state index in [0.717, 1.165) is 56.1 Å². The molecule has 0 N–H and O–H groups in total. The van der Waals surface area contributed by atoms with Crippen molar-refractivity contribution >= 4 is 17.5 Å². The van der Waals surface area contributed by atoms with E-state index in [2.05, 4.69) is 47.1 Å². The molecule has 4 rings (SSSR count). The maximum Gasteiger partial charge on any atom is 0.143 e. The Hall–Kier alpha value is -2.62. The fourth-order valence-electron chi connectivity index (χ4n) is 3.51. The SMILES string of the molecule is CCN1CCOc2cc(/C=C3\CCCN=C3c3cccnc3)ccc21. The first kappa shape index (κ1) is 15.9. The number of rotatable bonds is 3. The minimum atomic E-state index is 0.753. The lowest BCUT2D eigenvalue weighted by molar-refractivity contribution is 0.308. The van der Waals surface area contributed by atoms with Crippen LogP contribution in [0, 0.1) is 0 Å². The summed E-state index contributed by atoms with van der Waals surface area (Å²) in [4.78, 5) is 11.4. The van der Waals surface area contributed by atoms with Gasteiger partial charge in [0.2, 0.25) is 0 Å². The molecule has 4 nitrogen and oxygen atoms in total. The topological polar surface area (TPSA) is 37.7 Å². The first-order valence-corrected chi connectivity index (χ1v) is 9.03. The van der Waals surface area contributed by atoms with Gasteiger partial charge < -0.3 is 9.64 Å². The van der Waals surface area contributed by atoms with Crippen LogP contribution in [-0.2, 0) is 0 Å². The van der Waals surface area contributed by atoms with Crippen LogP contribution in [0.25, 0.3) is 6.08 Å². The number of nitrogens with zero attached hydrogens (tertiary/aromatic N) is 3. The molecule has 2 aromatic rings. The number of aromatic nitrogens is 1. The molecule has 0 radical (unpaired) electrons. The number of fused-ring (bicyclic) bond motifs is 1. The number of hydrogen-bond acceptors (Lipinski definition) is 4. The lowest BCUT2D eigenvalue weighted by Gasteiger charge is -2.30. The van der Waals surface area contributed by atoms with Gasteiger partial charge in [0.1, 0.15) is 12.4 Å². The Labute approximate surface area is 148 Å². The molecule has 0 aliphatic carbocycles. The van der Waals surface area contributed by atoms with E-state index >= 15 is 0 Å². The first-order valence-electron chi connectivity index (χ1n) is 9.03. The standard InChI is InChI=1S/C21H23N3O/c1-2-24-11-12-25-20-14-16(7-8-19(20)24)13-17-5-4-10-23-21(17)18-6-3-9-22-15-18/h3,6-9,13-15H,2,4-5,10-12H2,1H3/b17-13+. The van der Waals surface area contributed by atoms with Gasteiger partial charge in [0.15, 0.2) is 0 Å². The summed E-state index contributed by atoms with van der Waals surface area (Å²) in [5.74, 6) is 0.984. The lowest BCUT2D eigenvalue weighted by atomic mass is 9.94. The molecular formula is C21H23N3O. The summed E-state index contributed by atoms with van der Waals surface area (Å²) in [6.07, 6.45) is 8.09. The summed E-state index contributed by atoms with van der Waals surface area (Å²) in [5.41, 5.74) is 5.82. The molecule has 0 atom stereocenters. The first-order chi connectivity index (χ1) is 12.3. The number of allylic oxidation sites excluding steroid dienone is 1. The number of ether oxygens (including phenoxy) is 1. The van der Waals surface area contributed by atoms with Crippen LogP contribution in [0.2, 0.25) is 0 Å². The molecule has 0 saturated carbocycles. The zero-order valence-corrected chi connectivity index (χ0v) is 14.6. The summed E-state index contributed by atoms with van der Waals surface area (Å²) < 4.78 is 5.89. The second kappa shape index (κ2) is 7.09. The van der Waals surface area contributed by atoms with Crippen molar-refractivity contribution in [3.8, 4) is 5.75 Å². The van der Waals surface area contributed by atoms with Crippen LogP contribution in [-0.4, -0.2) is 36.9 Å². The summed E-state index contributed by atoms with van der Waals surface area (Å²) in [5, 5.41) is 0. The van der Waals surface area contributed by atoms with Gasteiger partial charge >= 0.3 is 0 Å². The Bertz CT molecular complexity index is 811. The van der Waals surface area contributed by atoms with Crippen molar-refractivity contribution in [3.05, 3.63) is 59.4 Å². The summed E-state index contributed by atoms with van der Waals surface area (Å²) in [7, 11) is 0. The minimum Gasteiger partial charge on any atom is -0.490 e. The Kier molecular flexibility index (Phi) is 4.51. The van der Waals surface area contributed by atoms with Gasteiger partial charge in [-0.1, -0.05) is 6.07 Å². The molecule has 0 fully saturated rings. The molecular weight excluding hydrogens is 310 g/mol. The Morgan fingerprint density at radius 2 is 2.24 bits per heavy atom. The largest absolute Gasteiger partial charge is 0.490 e. The maximum atomic E-state index is 5.89. The smallest absolute Gasteiger partial charge is 0.143 e. The zero-order chi connectivity index (χ0) is 17.1. The molecule has 128 valence electrons.